The number of benzene rings is 3. The molecule has 0 bridgehead atoms. The largest absolute Gasteiger partial charge is 0.495 e. The van der Waals surface area contributed by atoms with E-state index in [1.807, 2.05) is 0 Å². The van der Waals surface area contributed by atoms with Crippen molar-refractivity contribution < 1.29 is 23.5 Å². The minimum absolute atomic E-state index is 0.295. The van der Waals surface area contributed by atoms with Gasteiger partial charge in [0, 0.05) is 0 Å². The molecule has 3 aromatic rings. The predicted molar refractivity (Wildman–Crippen MR) is 115 cm³/mol. The van der Waals surface area contributed by atoms with E-state index in [1.165, 1.54) is 25.5 Å². The third kappa shape index (κ3) is 6.40. The summed E-state index contributed by atoms with van der Waals surface area (Å²) in [6, 6.07) is 19.8. The lowest BCUT2D eigenvalue weighted by Crippen LogP contribution is -2.32. The molecule has 0 saturated carbocycles. The van der Waals surface area contributed by atoms with E-state index in [4.69, 9.17) is 9.47 Å². The Morgan fingerprint density at radius 1 is 0.968 bits per heavy atom. The van der Waals surface area contributed by atoms with Crippen molar-refractivity contribution in [3.63, 3.8) is 0 Å². The lowest BCUT2D eigenvalue weighted by atomic mass is 10.2. The third-order valence-electron chi connectivity index (χ3n) is 4.14. The van der Waals surface area contributed by atoms with Gasteiger partial charge in [-0.3, -0.25) is 9.59 Å². The number of hydrazone groups is 1. The van der Waals surface area contributed by atoms with Crippen molar-refractivity contribution >= 4 is 23.7 Å². The van der Waals surface area contributed by atoms with E-state index in [0.29, 0.717) is 29.4 Å². The minimum Gasteiger partial charge on any atom is -0.495 e. The van der Waals surface area contributed by atoms with Crippen LogP contribution < -0.4 is 20.2 Å². The van der Waals surface area contributed by atoms with Crippen molar-refractivity contribution in [2.24, 2.45) is 5.10 Å². The lowest BCUT2D eigenvalue weighted by Gasteiger charge is -2.08. The smallest absolute Gasteiger partial charge is 0.329 e. The molecule has 7 nitrogen and oxygen atoms in total. The summed E-state index contributed by atoms with van der Waals surface area (Å²) in [5, 5.41) is 6.25. The number of anilines is 1. The van der Waals surface area contributed by atoms with E-state index in [9.17, 15) is 14.0 Å². The highest BCUT2D eigenvalue weighted by molar-refractivity contribution is 6.39. The van der Waals surface area contributed by atoms with Crippen LogP contribution >= 0.6 is 0 Å². The van der Waals surface area contributed by atoms with E-state index in [2.05, 4.69) is 15.8 Å². The fourth-order valence-corrected chi connectivity index (χ4v) is 2.54. The second kappa shape index (κ2) is 10.5. The van der Waals surface area contributed by atoms with Crippen LogP contribution in [0.2, 0.25) is 0 Å². The summed E-state index contributed by atoms with van der Waals surface area (Å²) in [6.45, 7) is 0.311. The molecule has 3 rings (SSSR count). The number of ether oxygens (including phenoxy) is 2. The van der Waals surface area contributed by atoms with Crippen molar-refractivity contribution in [3.05, 3.63) is 89.7 Å². The first-order valence-electron chi connectivity index (χ1n) is 9.30. The average Bonchev–Trinajstić information content (AvgIpc) is 2.80. The van der Waals surface area contributed by atoms with Gasteiger partial charge in [0.15, 0.2) is 0 Å². The quantitative estimate of drug-likeness (QED) is 0.347. The van der Waals surface area contributed by atoms with Crippen LogP contribution in [0.1, 0.15) is 11.1 Å². The molecular formula is C23H20FN3O4. The highest BCUT2D eigenvalue weighted by Crippen LogP contribution is 2.22. The van der Waals surface area contributed by atoms with Crippen LogP contribution in [-0.4, -0.2) is 25.1 Å². The molecule has 0 radical (unpaired) electrons. The molecule has 0 aromatic heterocycles. The van der Waals surface area contributed by atoms with Crippen molar-refractivity contribution in [2.45, 2.75) is 6.61 Å². The molecular weight excluding hydrogens is 401 g/mol. The molecule has 0 unspecified atom stereocenters. The maximum Gasteiger partial charge on any atom is 0.329 e. The summed E-state index contributed by atoms with van der Waals surface area (Å²) in [6.07, 6.45) is 1.40. The van der Waals surface area contributed by atoms with E-state index >= 15 is 0 Å². The zero-order chi connectivity index (χ0) is 22.1. The summed E-state index contributed by atoms with van der Waals surface area (Å²) in [4.78, 5) is 23.9. The average molecular weight is 421 g/mol. The zero-order valence-electron chi connectivity index (χ0n) is 16.7. The monoisotopic (exact) mass is 421 g/mol. The van der Waals surface area contributed by atoms with E-state index in [0.717, 1.165) is 5.56 Å². The summed E-state index contributed by atoms with van der Waals surface area (Å²) >= 11 is 0. The van der Waals surface area contributed by atoms with Gasteiger partial charge in [0.1, 0.15) is 23.9 Å². The Bertz CT molecular complexity index is 1070. The number of halogens is 1. The predicted octanol–water partition coefficient (Wildman–Crippen LogP) is 3.50. The Morgan fingerprint density at radius 3 is 2.39 bits per heavy atom. The maximum atomic E-state index is 12.9. The van der Waals surface area contributed by atoms with Gasteiger partial charge in [0.2, 0.25) is 0 Å². The SMILES string of the molecule is COc1ccccc1NC(=O)C(=O)NN=Cc1ccc(OCc2ccc(F)cc2)cc1. The van der Waals surface area contributed by atoms with Crippen LogP contribution in [-0.2, 0) is 16.2 Å². The summed E-state index contributed by atoms with van der Waals surface area (Å²) in [5.74, 6) is -1.01. The number of carbonyl (C=O) groups is 2. The third-order valence-corrected chi connectivity index (χ3v) is 4.14. The number of nitrogens with one attached hydrogen (secondary N) is 2. The maximum absolute atomic E-state index is 12.9. The zero-order valence-corrected chi connectivity index (χ0v) is 16.7. The Labute approximate surface area is 178 Å². The van der Waals surface area contributed by atoms with E-state index in [-0.39, 0.29) is 5.82 Å². The first kappa shape index (κ1) is 21.5. The molecule has 0 aliphatic carbocycles. The molecule has 31 heavy (non-hydrogen) atoms. The Balaban J connectivity index is 1.48. The van der Waals surface area contributed by atoms with E-state index in [1.54, 1.807) is 60.7 Å². The highest BCUT2D eigenvalue weighted by atomic mass is 19.1. The molecule has 0 aliphatic heterocycles. The highest BCUT2D eigenvalue weighted by Gasteiger charge is 2.14. The molecule has 158 valence electrons. The van der Waals surface area contributed by atoms with Crippen LogP contribution in [0.4, 0.5) is 10.1 Å². The Morgan fingerprint density at radius 2 is 1.68 bits per heavy atom. The van der Waals surface area contributed by atoms with Gasteiger partial charge < -0.3 is 14.8 Å². The van der Waals surface area contributed by atoms with Crippen LogP contribution in [0.5, 0.6) is 11.5 Å². The summed E-state index contributed by atoms with van der Waals surface area (Å²) < 4.78 is 23.7. The first-order valence-corrected chi connectivity index (χ1v) is 9.30. The Kier molecular flexibility index (Phi) is 7.31. The van der Waals surface area contributed by atoms with Crippen LogP contribution in [0.3, 0.4) is 0 Å². The molecule has 2 amide bonds. The number of hydrogen-bond donors (Lipinski definition) is 2. The van der Waals surface area contributed by atoms with Crippen LogP contribution in [0, 0.1) is 5.82 Å². The summed E-state index contributed by atoms with van der Waals surface area (Å²) in [5.41, 5.74) is 4.09. The number of nitrogens with zero attached hydrogens (tertiary/aromatic N) is 1. The molecule has 0 spiro atoms. The fourth-order valence-electron chi connectivity index (χ4n) is 2.54. The van der Waals surface area contributed by atoms with Crippen molar-refractivity contribution in [3.8, 4) is 11.5 Å². The molecule has 0 atom stereocenters. The first-order chi connectivity index (χ1) is 15.0. The van der Waals surface area contributed by atoms with Crippen molar-refractivity contribution in [1.82, 2.24) is 5.43 Å². The second-order valence-corrected chi connectivity index (χ2v) is 6.34. The number of amides is 2. The van der Waals surface area contributed by atoms with Gasteiger partial charge in [0.25, 0.3) is 0 Å². The fraction of sp³-hybridized carbons (Fsp3) is 0.0870. The molecule has 3 aromatic carbocycles. The minimum atomic E-state index is -0.915. The van der Waals surface area contributed by atoms with Gasteiger partial charge in [-0.05, 0) is 59.7 Å². The van der Waals surface area contributed by atoms with Crippen molar-refractivity contribution in [1.29, 1.82) is 0 Å². The van der Waals surface area contributed by atoms with Gasteiger partial charge in [-0.1, -0.05) is 24.3 Å². The van der Waals surface area contributed by atoms with Gasteiger partial charge in [-0.15, -0.1) is 0 Å². The molecule has 0 heterocycles. The van der Waals surface area contributed by atoms with Crippen LogP contribution in [0.15, 0.2) is 77.9 Å². The molecule has 0 fully saturated rings. The number of rotatable bonds is 7. The Hall–Kier alpha value is -4.20. The molecule has 2 N–H and O–H groups in total. The lowest BCUT2D eigenvalue weighted by molar-refractivity contribution is -0.136. The number of methoxy groups -OCH3 is 1. The number of carbonyl (C=O) groups excluding carboxylic acids is 2. The van der Waals surface area contributed by atoms with Gasteiger partial charge >= 0.3 is 11.8 Å². The summed E-state index contributed by atoms with van der Waals surface area (Å²) in [7, 11) is 1.47. The molecule has 0 saturated heterocycles. The second-order valence-electron chi connectivity index (χ2n) is 6.34. The number of para-hydroxylation sites is 2. The standard InChI is InChI=1S/C23H20FN3O4/c1-30-21-5-3-2-4-20(21)26-22(28)23(29)27-25-14-16-8-12-19(13-9-16)31-15-17-6-10-18(24)11-7-17/h2-14H,15H2,1H3,(H,26,28)(H,27,29). The van der Waals surface area contributed by atoms with Crippen molar-refractivity contribution in [2.75, 3.05) is 12.4 Å². The van der Waals surface area contributed by atoms with Gasteiger partial charge in [-0.2, -0.15) is 5.10 Å². The topological polar surface area (TPSA) is 89.0 Å². The van der Waals surface area contributed by atoms with E-state index < -0.39 is 11.8 Å². The number of hydrogen-bond acceptors (Lipinski definition) is 5. The molecule has 8 heteroatoms. The normalized spacial score (nSPS) is 10.5. The van der Waals surface area contributed by atoms with Gasteiger partial charge in [-0.25, -0.2) is 9.82 Å². The van der Waals surface area contributed by atoms with Crippen LogP contribution in [0.25, 0.3) is 0 Å². The molecule has 0 aliphatic rings. The van der Waals surface area contributed by atoms with Gasteiger partial charge in [0.05, 0.1) is 19.0 Å².